The van der Waals surface area contributed by atoms with E-state index in [9.17, 15) is 0 Å². The Hall–Kier alpha value is -2.67. The number of aromatic nitrogens is 4. The van der Waals surface area contributed by atoms with Crippen LogP contribution in [0.3, 0.4) is 0 Å². The van der Waals surface area contributed by atoms with Crippen molar-refractivity contribution in [2.45, 2.75) is 44.7 Å². The first-order chi connectivity index (χ1) is 12.1. The lowest BCUT2D eigenvalue weighted by molar-refractivity contribution is 0.378. The third-order valence-corrected chi connectivity index (χ3v) is 4.88. The maximum atomic E-state index is 6.48. The Balaban J connectivity index is 1.85. The number of aryl methyl sites for hydroxylation is 1. The fourth-order valence-corrected chi connectivity index (χ4v) is 3.62. The topological polar surface area (TPSA) is 98.4 Å². The van der Waals surface area contributed by atoms with Crippen LogP contribution in [0.15, 0.2) is 36.7 Å². The molecule has 7 heteroatoms. The zero-order valence-electron chi connectivity index (χ0n) is 14.3. The molecule has 2 aromatic heterocycles. The Morgan fingerprint density at radius 2 is 2.08 bits per heavy atom. The van der Waals surface area contributed by atoms with E-state index in [0.717, 1.165) is 24.9 Å². The standard InChI is InChI=1S/C18H23N7/c1-12-5-4-6-13(11-12)25(15-8-3-2-7-14(15)19)18-22-17-16(20)21-9-10-24(17)23-18/h4-6,9-11,14-15H,2-3,7-8,19H2,1H3,(H2,20,21). The molecule has 130 valence electrons. The summed E-state index contributed by atoms with van der Waals surface area (Å²) >= 11 is 0. The summed E-state index contributed by atoms with van der Waals surface area (Å²) in [6.45, 7) is 2.08. The minimum atomic E-state index is 0.0938. The molecular formula is C18H23N7. The summed E-state index contributed by atoms with van der Waals surface area (Å²) in [7, 11) is 0. The molecule has 0 spiro atoms. The molecule has 0 saturated heterocycles. The van der Waals surface area contributed by atoms with Crippen LogP contribution >= 0.6 is 0 Å². The van der Waals surface area contributed by atoms with Gasteiger partial charge in [-0.05, 0) is 37.5 Å². The Morgan fingerprint density at radius 3 is 2.84 bits per heavy atom. The summed E-state index contributed by atoms with van der Waals surface area (Å²) < 4.78 is 1.68. The van der Waals surface area contributed by atoms with E-state index in [2.05, 4.69) is 51.2 Å². The molecule has 2 heterocycles. The van der Waals surface area contributed by atoms with E-state index in [-0.39, 0.29) is 12.1 Å². The van der Waals surface area contributed by atoms with Crippen LogP contribution in [0.2, 0.25) is 0 Å². The van der Waals surface area contributed by atoms with Crippen LogP contribution in [-0.2, 0) is 0 Å². The number of fused-ring (bicyclic) bond motifs is 1. The van der Waals surface area contributed by atoms with Crippen molar-refractivity contribution in [3.8, 4) is 0 Å². The van der Waals surface area contributed by atoms with Gasteiger partial charge in [0, 0.05) is 24.1 Å². The molecule has 25 heavy (non-hydrogen) atoms. The molecule has 1 aliphatic carbocycles. The molecule has 2 atom stereocenters. The summed E-state index contributed by atoms with van der Waals surface area (Å²) in [4.78, 5) is 10.9. The van der Waals surface area contributed by atoms with Crippen LogP contribution in [0.5, 0.6) is 0 Å². The van der Waals surface area contributed by atoms with E-state index >= 15 is 0 Å². The van der Waals surface area contributed by atoms with Crippen molar-refractivity contribution in [1.29, 1.82) is 0 Å². The zero-order chi connectivity index (χ0) is 17.4. The molecule has 4 rings (SSSR count). The highest BCUT2D eigenvalue weighted by Gasteiger charge is 2.31. The molecule has 0 aliphatic heterocycles. The second-order valence-corrected chi connectivity index (χ2v) is 6.72. The first-order valence-electron chi connectivity index (χ1n) is 8.72. The van der Waals surface area contributed by atoms with Gasteiger partial charge in [0.2, 0.25) is 0 Å². The van der Waals surface area contributed by atoms with Crippen molar-refractivity contribution >= 4 is 23.1 Å². The summed E-state index contributed by atoms with van der Waals surface area (Å²) in [6, 6.07) is 8.63. The summed E-state index contributed by atoms with van der Waals surface area (Å²) in [5, 5.41) is 4.65. The third kappa shape index (κ3) is 2.91. The molecular weight excluding hydrogens is 314 g/mol. The fraction of sp³-hybridized carbons (Fsp3) is 0.389. The second-order valence-electron chi connectivity index (χ2n) is 6.72. The highest BCUT2D eigenvalue weighted by Crippen LogP contribution is 2.33. The number of benzene rings is 1. The van der Waals surface area contributed by atoms with Gasteiger partial charge in [-0.2, -0.15) is 4.98 Å². The first-order valence-corrected chi connectivity index (χ1v) is 8.72. The molecule has 4 N–H and O–H groups in total. The summed E-state index contributed by atoms with van der Waals surface area (Å²) in [5.74, 6) is 0.992. The summed E-state index contributed by atoms with van der Waals surface area (Å²) in [6.07, 6.45) is 7.77. The third-order valence-electron chi connectivity index (χ3n) is 4.88. The van der Waals surface area contributed by atoms with Crippen molar-refractivity contribution in [3.05, 3.63) is 42.2 Å². The molecule has 1 aliphatic rings. The van der Waals surface area contributed by atoms with Gasteiger partial charge in [-0.1, -0.05) is 25.0 Å². The van der Waals surface area contributed by atoms with Gasteiger partial charge >= 0.3 is 0 Å². The number of hydrogen-bond donors (Lipinski definition) is 2. The normalized spacial score (nSPS) is 20.7. The molecule has 1 saturated carbocycles. The molecule has 2 unspecified atom stereocenters. The zero-order valence-corrected chi connectivity index (χ0v) is 14.3. The number of nitrogen functional groups attached to an aromatic ring is 1. The maximum Gasteiger partial charge on any atom is 0.250 e. The Kier molecular flexibility index (Phi) is 4.01. The van der Waals surface area contributed by atoms with Gasteiger partial charge in [0.15, 0.2) is 11.5 Å². The number of nitrogens with two attached hydrogens (primary N) is 2. The highest BCUT2D eigenvalue weighted by molar-refractivity contribution is 5.65. The highest BCUT2D eigenvalue weighted by atomic mass is 15.4. The van der Waals surface area contributed by atoms with Crippen molar-refractivity contribution in [2.75, 3.05) is 10.6 Å². The van der Waals surface area contributed by atoms with E-state index < -0.39 is 0 Å². The molecule has 1 fully saturated rings. The van der Waals surface area contributed by atoms with Gasteiger partial charge < -0.3 is 16.4 Å². The van der Waals surface area contributed by atoms with Gasteiger partial charge in [0.1, 0.15) is 0 Å². The minimum Gasteiger partial charge on any atom is -0.381 e. The van der Waals surface area contributed by atoms with Gasteiger partial charge in [-0.15, -0.1) is 5.10 Å². The SMILES string of the molecule is Cc1cccc(N(c2nc3c(N)nccn3n2)C2CCCCC2N)c1. The van der Waals surface area contributed by atoms with E-state index in [1.165, 1.54) is 12.0 Å². The van der Waals surface area contributed by atoms with Crippen molar-refractivity contribution in [3.63, 3.8) is 0 Å². The number of rotatable bonds is 3. The van der Waals surface area contributed by atoms with Crippen LogP contribution in [0, 0.1) is 6.92 Å². The van der Waals surface area contributed by atoms with Crippen LogP contribution in [0.4, 0.5) is 17.5 Å². The van der Waals surface area contributed by atoms with Crippen LogP contribution in [0.25, 0.3) is 5.65 Å². The molecule has 0 bridgehead atoms. The van der Waals surface area contributed by atoms with Crippen molar-refractivity contribution in [1.82, 2.24) is 19.6 Å². The van der Waals surface area contributed by atoms with Crippen LogP contribution in [-0.4, -0.2) is 31.7 Å². The number of nitrogens with zero attached hydrogens (tertiary/aromatic N) is 5. The van der Waals surface area contributed by atoms with Crippen LogP contribution in [0.1, 0.15) is 31.2 Å². The van der Waals surface area contributed by atoms with Gasteiger partial charge in [0.05, 0.1) is 6.04 Å². The predicted molar refractivity (Wildman–Crippen MR) is 98.7 cm³/mol. The average molecular weight is 337 g/mol. The maximum absolute atomic E-state index is 6.48. The minimum absolute atomic E-state index is 0.0938. The van der Waals surface area contributed by atoms with E-state index in [4.69, 9.17) is 11.5 Å². The van der Waals surface area contributed by atoms with Crippen molar-refractivity contribution in [2.24, 2.45) is 5.73 Å². The Labute approximate surface area is 146 Å². The van der Waals surface area contributed by atoms with E-state index in [1.54, 1.807) is 16.9 Å². The van der Waals surface area contributed by atoms with E-state index in [1.807, 2.05) is 0 Å². The lowest BCUT2D eigenvalue weighted by atomic mass is 9.89. The van der Waals surface area contributed by atoms with E-state index in [0.29, 0.717) is 17.4 Å². The number of anilines is 3. The lowest BCUT2D eigenvalue weighted by Gasteiger charge is -2.37. The molecule has 7 nitrogen and oxygen atoms in total. The van der Waals surface area contributed by atoms with Crippen LogP contribution < -0.4 is 16.4 Å². The quantitative estimate of drug-likeness (QED) is 0.761. The average Bonchev–Trinajstić information content (AvgIpc) is 3.02. The Bertz CT molecular complexity index is 888. The monoisotopic (exact) mass is 337 g/mol. The molecule has 0 amide bonds. The van der Waals surface area contributed by atoms with Gasteiger partial charge in [-0.25, -0.2) is 9.50 Å². The molecule has 3 aromatic rings. The predicted octanol–water partition coefficient (Wildman–Crippen LogP) is 2.42. The van der Waals surface area contributed by atoms with Gasteiger partial charge in [0.25, 0.3) is 5.95 Å². The second kappa shape index (κ2) is 6.33. The molecule has 1 aromatic carbocycles. The number of hydrogen-bond acceptors (Lipinski definition) is 6. The largest absolute Gasteiger partial charge is 0.381 e. The Morgan fingerprint density at radius 1 is 1.24 bits per heavy atom. The first kappa shape index (κ1) is 15.8. The fourth-order valence-electron chi connectivity index (χ4n) is 3.62. The van der Waals surface area contributed by atoms with Gasteiger partial charge in [-0.3, -0.25) is 0 Å². The summed E-state index contributed by atoms with van der Waals surface area (Å²) in [5.41, 5.74) is 15.3. The smallest absolute Gasteiger partial charge is 0.250 e. The van der Waals surface area contributed by atoms with Crippen molar-refractivity contribution < 1.29 is 0 Å². The molecule has 0 radical (unpaired) electrons. The lowest BCUT2D eigenvalue weighted by Crippen LogP contribution is -2.48.